The van der Waals surface area contributed by atoms with Crippen molar-refractivity contribution < 1.29 is 0 Å². The van der Waals surface area contributed by atoms with E-state index < -0.39 is 0 Å². The Labute approximate surface area is 147 Å². The van der Waals surface area contributed by atoms with Crippen LogP contribution in [0.5, 0.6) is 0 Å². The molecule has 24 heavy (non-hydrogen) atoms. The van der Waals surface area contributed by atoms with Crippen LogP contribution >= 0.6 is 15.8 Å². The quantitative estimate of drug-likeness (QED) is 0.579. The molecule has 0 nitrogen and oxygen atoms in total. The summed E-state index contributed by atoms with van der Waals surface area (Å²) in [4.78, 5) is 0. The van der Waals surface area contributed by atoms with Gasteiger partial charge >= 0.3 is 0 Å². The van der Waals surface area contributed by atoms with Gasteiger partial charge in [0.05, 0.1) is 0 Å². The maximum absolute atomic E-state index is 2.35. The Morgan fingerprint density at radius 3 is 1.71 bits per heavy atom. The predicted octanol–water partition coefficient (Wildman–Crippen LogP) is 5.05. The summed E-state index contributed by atoms with van der Waals surface area (Å²) in [5, 5.41) is 5.47. The molecule has 0 amide bonds. The van der Waals surface area contributed by atoms with E-state index in [1.165, 1.54) is 29.6 Å². The van der Waals surface area contributed by atoms with Crippen molar-refractivity contribution in [3.63, 3.8) is 0 Å². The summed E-state index contributed by atoms with van der Waals surface area (Å²) in [6.45, 7) is 0. The molecular weight excluding hydrogens is 326 g/mol. The van der Waals surface area contributed by atoms with E-state index in [0.29, 0.717) is 0 Å². The summed E-state index contributed by atoms with van der Waals surface area (Å²) >= 11 is 0. The third-order valence-corrected chi connectivity index (χ3v) is 11.5. The summed E-state index contributed by atoms with van der Waals surface area (Å²) in [7, 11) is -0.348. The van der Waals surface area contributed by atoms with Crippen LogP contribution in [0.3, 0.4) is 0 Å². The van der Waals surface area contributed by atoms with Gasteiger partial charge < -0.3 is 0 Å². The Morgan fingerprint density at radius 2 is 1.17 bits per heavy atom. The molecule has 1 fully saturated rings. The Morgan fingerprint density at radius 1 is 0.667 bits per heavy atom. The van der Waals surface area contributed by atoms with Gasteiger partial charge in [0.15, 0.2) is 0 Å². The second-order valence-electron chi connectivity index (χ2n) is 6.19. The summed E-state index contributed by atoms with van der Waals surface area (Å²) in [5.41, 5.74) is 0. The smallest absolute Gasteiger partial charge is 0.0115 e. The van der Waals surface area contributed by atoms with E-state index in [0.717, 1.165) is 5.40 Å². The fourth-order valence-corrected chi connectivity index (χ4v) is 11.2. The molecule has 120 valence electrons. The molecule has 0 N–H and O–H groups in total. The lowest BCUT2D eigenvalue weighted by atomic mass is 10.4. The number of hydrogen-bond donors (Lipinski definition) is 0. The molecule has 1 saturated heterocycles. The number of hydrogen-bond acceptors (Lipinski definition) is 0. The largest absolute Gasteiger partial charge is 0.0671 e. The van der Waals surface area contributed by atoms with Crippen molar-refractivity contribution in [3.05, 3.63) is 91.0 Å². The zero-order chi connectivity index (χ0) is 16.2. The normalized spacial score (nSPS) is 20.4. The van der Waals surface area contributed by atoms with Crippen molar-refractivity contribution >= 4 is 31.8 Å². The van der Waals surface area contributed by atoms with E-state index in [2.05, 4.69) is 91.0 Å². The van der Waals surface area contributed by atoms with Gasteiger partial charge in [-0.15, -0.1) is 0 Å². The molecule has 0 unspecified atom stereocenters. The first-order chi connectivity index (χ1) is 11.9. The molecule has 0 saturated carbocycles. The predicted molar refractivity (Wildman–Crippen MR) is 110 cm³/mol. The van der Waals surface area contributed by atoms with Crippen molar-refractivity contribution in [2.75, 3.05) is 6.16 Å². The van der Waals surface area contributed by atoms with Gasteiger partial charge in [-0.1, -0.05) is 98.9 Å². The van der Waals surface area contributed by atoms with E-state index in [-0.39, 0.29) is 15.8 Å². The summed E-state index contributed by atoms with van der Waals surface area (Å²) in [6, 6.07) is 33.7. The summed E-state index contributed by atoms with van der Waals surface area (Å²) in [5.74, 6) is 0. The molecule has 0 bridgehead atoms. The van der Waals surface area contributed by atoms with Crippen LogP contribution in [0.1, 0.15) is 12.8 Å². The topological polar surface area (TPSA) is 0 Å². The highest BCUT2D eigenvalue weighted by Crippen LogP contribution is 2.62. The molecular formula is C22H22P2. The van der Waals surface area contributed by atoms with Crippen molar-refractivity contribution in [1.29, 1.82) is 0 Å². The summed E-state index contributed by atoms with van der Waals surface area (Å²) in [6.07, 6.45) is 4.14. The van der Waals surface area contributed by atoms with Crippen LogP contribution in [0.4, 0.5) is 0 Å². The third-order valence-electron chi connectivity index (χ3n) is 4.68. The third kappa shape index (κ3) is 3.32. The lowest BCUT2D eigenvalue weighted by molar-refractivity contribution is 0.920. The molecule has 3 aromatic carbocycles. The molecule has 0 aromatic heterocycles. The lowest BCUT2D eigenvalue weighted by Crippen LogP contribution is -2.21. The Hall–Kier alpha value is -1.48. The fourth-order valence-electron chi connectivity index (χ4n) is 3.61. The number of rotatable bonds is 4. The first kappa shape index (κ1) is 16.0. The second-order valence-corrected chi connectivity index (χ2v) is 11.5. The first-order valence-electron chi connectivity index (χ1n) is 8.64. The zero-order valence-corrected chi connectivity index (χ0v) is 15.5. The van der Waals surface area contributed by atoms with Gasteiger partial charge in [0.2, 0.25) is 0 Å². The van der Waals surface area contributed by atoms with Crippen molar-refractivity contribution in [3.8, 4) is 0 Å². The molecule has 2 heteroatoms. The molecule has 1 aliphatic rings. The van der Waals surface area contributed by atoms with Crippen molar-refractivity contribution in [2.45, 2.75) is 18.2 Å². The van der Waals surface area contributed by atoms with Crippen LogP contribution < -0.4 is 15.9 Å². The van der Waals surface area contributed by atoms with Crippen LogP contribution in [-0.4, -0.2) is 11.6 Å². The minimum atomic E-state index is -0.286. The van der Waals surface area contributed by atoms with Crippen molar-refractivity contribution in [2.24, 2.45) is 0 Å². The van der Waals surface area contributed by atoms with Crippen LogP contribution in [-0.2, 0) is 0 Å². The molecule has 0 radical (unpaired) electrons. The molecule has 2 atom stereocenters. The minimum absolute atomic E-state index is 0.0615. The van der Waals surface area contributed by atoms with Gasteiger partial charge in [-0.2, -0.15) is 0 Å². The Bertz CT molecular complexity index is 716. The van der Waals surface area contributed by atoms with Gasteiger partial charge in [-0.05, 0) is 42.8 Å². The van der Waals surface area contributed by atoms with Crippen LogP contribution in [0.25, 0.3) is 0 Å². The fraction of sp³-hybridized carbons (Fsp3) is 0.182. The molecule has 0 aliphatic carbocycles. The van der Waals surface area contributed by atoms with Crippen LogP contribution in [0.15, 0.2) is 91.0 Å². The van der Waals surface area contributed by atoms with Gasteiger partial charge in [0.1, 0.15) is 0 Å². The van der Waals surface area contributed by atoms with E-state index >= 15 is 0 Å². The average Bonchev–Trinajstić information content (AvgIpc) is 3.14. The lowest BCUT2D eigenvalue weighted by Gasteiger charge is -2.30. The van der Waals surface area contributed by atoms with E-state index in [4.69, 9.17) is 0 Å². The second kappa shape index (κ2) is 7.60. The van der Waals surface area contributed by atoms with Gasteiger partial charge in [-0.25, -0.2) is 0 Å². The van der Waals surface area contributed by atoms with Crippen molar-refractivity contribution in [1.82, 2.24) is 0 Å². The standard InChI is InChI=1S/C22H22P2/c1-4-11-19(12-5-1)23-18-10-17-22(23)24(20-13-6-2-7-14-20)21-15-8-3-9-16-21/h1-9,11-16,22H,10,17-18H2/t22-,23+/m0/s1. The minimum Gasteiger partial charge on any atom is -0.0671 e. The Kier molecular flexibility index (Phi) is 5.07. The highest BCUT2D eigenvalue weighted by Gasteiger charge is 2.35. The SMILES string of the molecule is c1ccc(P(c2ccccc2)[C@H]2CCC[P@]2c2ccccc2)cc1. The maximum Gasteiger partial charge on any atom is 0.0115 e. The maximum atomic E-state index is 2.35. The zero-order valence-electron chi connectivity index (χ0n) is 13.8. The van der Waals surface area contributed by atoms with E-state index in [9.17, 15) is 0 Å². The molecule has 1 heterocycles. The molecule has 3 aromatic rings. The van der Waals surface area contributed by atoms with Crippen LogP contribution in [0.2, 0.25) is 0 Å². The Balaban J connectivity index is 1.76. The first-order valence-corrected chi connectivity index (χ1v) is 11.7. The molecule has 4 rings (SSSR count). The molecule has 1 aliphatic heterocycles. The van der Waals surface area contributed by atoms with Gasteiger partial charge in [0.25, 0.3) is 0 Å². The average molecular weight is 348 g/mol. The van der Waals surface area contributed by atoms with Gasteiger partial charge in [0, 0.05) is 5.40 Å². The van der Waals surface area contributed by atoms with Crippen LogP contribution in [0, 0.1) is 0 Å². The highest BCUT2D eigenvalue weighted by molar-refractivity contribution is 7.86. The monoisotopic (exact) mass is 348 g/mol. The van der Waals surface area contributed by atoms with E-state index in [1.807, 2.05) is 0 Å². The highest BCUT2D eigenvalue weighted by atomic mass is 31.2. The van der Waals surface area contributed by atoms with E-state index in [1.54, 1.807) is 5.30 Å². The molecule has 0 spiro atoms. The number of benzene rings is 3. The van der Waals surface area contributed by atoms with Gasteiger partial charge in [-0.3, -0.25) is 0 Å². The summed E-state index contributed by atoms with van der Waals surface area (Å²) < 4.78 is 0.